The minimum atomic E-state index is 0.0835. The molecule has 0 saturated carbocycles. The fraction of sp³-hybridized carbons (Fsp3) is 0.0426. The van der Waals surface area contributed by atoms with Crippen LogP contribution < -0.4 is 0 Å². The predicted molar refractivity (Wildman–Crippen MR) is 418 cm³/mol. The molecular weight excluding hydrogens is 1210 g/mol. The Bertz CT molecular complexity index is 5960. The van der Waals surface area contributed by atoms with Crippen molar-refractivity contribution in [3.63, 3.8) is 0 Å². The molecule has 0 atom stereocenters. The van der Waals surface area contributed by atoms with Crippen molar-refractivity contribution in [2.24, 2.45) is 0 Å². The summed E-state index contributed by atoms with van der Waals surface area (Å²) in [6.07, 6.45) is 0. The molecule has 0 amide bonds. The average molecular weight is 1280 g/mol. The van der Waals surface area contributed by atoms with Crippen LogP contribution in [0.2, 0.25) is 0 Å². The van der Waals surface area contributed by atoms with Gasteiger partial charge in [0.2, 0.25) is 0 Å². The van der Waals surface area contributed by atoms with Gasteiger partial charge in [-0.3, -0.25) is 0 Å². The first kappa shape index (κ1) is 60.7. The lowest BCUT2D eigenvalue weighted by atomic mass is 9.84. The molecule has 0 aliphatic rings. The van der Waals surface area contributed by atoms with Crippen LogP contribution in [0.1, 0.15) is 26.3 Å². The van der Waals surface area contributed by atoms with Gasteiger partial charge in [0.1, 0.15) is 0 Å². The van der Waals surface area contributed by atoms with E-state index in [0.29, 0.717) is 34.9 Å². The minimum absolute atomic E-state index is 0.0835. The van der Waals surface area contributed by atoms with Crippen molar-refractivity contribution >= 4 is 64.6 Å². The topological polar surface area (TPSA) is 77.3 Å². The second-order valence-electron chi connectivity index (χ2n) is 26.6. The summed E-state index contributed by atoms with van der Waals surface area (Å²) in [5.74, 6) is 3.92. The van der Waals surface area contributed by atoms with Crippen LogP contribution in [0, 0.1) is 0 Å². The van der Waals surface area contributed by atoms with E-state index in [9.17, 15) is 0 Å². The van der Waals surface area contributed by atoms with Crippen LogP contribution in [0.3, 0.4) is 0 Å². The fourth-order valence-corrected chi connectivity index (χ4v) is 14.0. The van der Waals surface area contributed by atoms with E-state index in [2.05, 4.69) is 245 Å². The molecular formula is C94H66N6. The Kier molecular flexibility index (Phi) is 15.7. The van der Waals surface area contributed by atoms with E-state index in [-0.39, 0.29) is 5.41 Å². The van der Waals surface area contributed by atoms with Gasteiger partial charge in [0.15, 0.2) is 34.9 Å². The van der Waals surface area contributed by atoms with Gasteiger partial charge < -0.3 is 0 Å². The van der Waals surface area contributed by atoms with E-state index in [1.165, 1.54) is 92.5 Å². The fourth-order valence-electron chi connectivity index (χ4n) is 14.0. The molecule has 0 spiro atoms. The third kappa shape index (κ3) is 11.9. The molecule has 0 saturated heterocycles. The van der Waals surface area contributed by atoms with Gasteiger partial charge in [0.05, 0.1) is 0 Å². The van der Waals surface area contributed by atoms with Crippen LogP contribution in [0.15, 0.2) is 346 Å². The van der Waals surface area contributed by atoms with Gasteiger partial charge in [-0.05, 0) is 163 Å². The van der Waals surface area contributed by atoms with Crippen molar-refractivity contribution in [3.05, 3.63) is 351 Å². The van der Waals surface area contributed by atoms with Crippen LogP contribution in [-0.4, -0.2) is 29.9 Å². The number of fused-ring (bicyclic) bond motifs is 12. The summed E-state index contributed by atoms with van der Waals surface area (Å²) in [7, 11) is 0. The van der Waals surface area contributed by atoms with E-state index in [1.807, 2.05) is 121 Å². The molecule has 0 fully saturated rings. The van der Waals surface area contributed by atoms with Crippen molar-refractivity contribution in [2.75, 3.05) is 0 Å². The summed E-state index contributed by atoms with van der Waals surface area (Å²) in [6.45, 7) is 6.85. The summed E-state index contributed by atoms with van der Waals surface area (Å²) in [5, 5.41) is 15.3. The quantitative estimate of drug-likeness (QED) is 0.127. The van der Waals surface area contributed by atoms with Crippen molar-refractivity contribution < 1.29 is 0 Å². The minimum Gasteiger partial charge on any atom is -0.208 e. The van der Waals surface area contributed by atoms with Crippen LogP contribution >= 0.6 is 0 Å². The first-order valence-electron chi connectivity index (χ1n) is 34.1. The highest BCUT2D eigenvalue weighted by Gasteiger charge is 2.20. The standard InChI is InChI=1S/C49H37N3.C45H29N3/c1-49(2,3)39-25-27-43-42-26-24-37(30-44(42)40-22-10-11-23-41(40)45(43)31-39)35-19-12-18-34(28-35)36-20-13-21-38(29-36)48-51-46(32-14-6-4-7-15-32)50-47(52-48)33-16-8-5-9-17-33;1-4-13-30(14-5-1)34-23-25-39-40-26-24-35(29-42(40)38-22-11-10-21-37(38)41(39)28-34)33-19-12-20-36(27-33)45-47-43(31-15-6-2-7-16-31)46-44(48-45)32-17-8-3-9-18-32/h4-31H,1-3H3;1-29H. The molecule has 18 aromatic rings. The number of rotatable bonds is 10. The summed E-state index contributed by atoms with van der Waals surface area (Å²) in [4.78, 5) is 29.6. The molecule has 0 aliphatic heterocycles. The van der Waals surface area contributed by atoms with Crippen molar-refractivity contribution in [2.45, 2.75) is 26.2 Å². The molecule has 18 rings (SSSR count). The highest BCUT2D eigenvalue weighted by atomic mass is 15.0. The maximum absolute atomic E-state index is 4.97. The van der Waals surface area contributed by atoms with E-state index in [0.717, 1.165) is 55.6 Å². The zero-order valence-corrected chi connectivity index (χ0v) is 55.6. The Morgan fingerprint density at radius 1 is 0.150 bits per heavy atom. The molecule has 472 valence electrons. The van der Waals surface area contributed by atoms with Gasteiger partial charge in [0, 0.05) is 33.4 Å². The molecule has 0 aliphatic carbocycles. The third-order valence-corrected chi connectivity index (χ3v) is 19.1. The summed E-state index contributed by atoms with van der Waals surface area (Å²) >= 11 is 0. The molecule has 0 bridgehead atoms. The summed E-state index contributed by atoms with van der Waals surface area (Å²) in [6, 6.07) is 122. The number of nitrogens with zero attached hydrogens (tertiary/aromatic N) is 6. The largest absolute Gasteiger partial charge is 0.208 e. The number of aromatic nitrogens is 6. The molecule has 0 unspecified atom stereocenters. The maximum atomic E-state index is 4.97. The monoisotopic (exact) mass is 1280 g/mol. The normalized spacial score (nSPS) is 11.6. The van der Waals surface area contributed by atoms with Crippen LogP contribution in [-0.2, 0) is 5.41 Å². The summed E-state index contributed by atoms with van der Waals surface area (Å²) < 4.78 is 0. The van der Waals surface area contributed by atoms with Gasteiger partial charge >= 0.3 is 0 Å². The first-order valence-corrected chi connectivity index (χ1v) is 34.1. The molecule has 6 nitrogen and oxygen atoms in total. The van der Waals surface area contributed by atoms with Crippen molar-refractivity contribution in [1.29, 1.82) is 0 Å². The van der Waals surface area contributed by atoms with Gasteiger partial charge in [-0.1, -0.05) is 324 Å². The number of hydrogen-bond acceptors (Lipinski definition) is 6. The maximum Gasteiger partial charge on any atom is 0.164 e. The highest BCUT2D eigenvalue weighted by molar-refractivity contribution is 6.27. The lowest BCUT2D eigenvalue weighted by Gasteiger charge is -2.21. The average Bonchev–Trinajstić information content (AvgIpc) is 0.744. The Hall–Kier alpha value is -12.9. The second kappa shape index (κ2) is 25.9. The zero-order valence-electron chi connectivity index (χ0n) is 55.6. The molecule has 16 aromatic carbocycles. The first-order chi connectivity index (χ1) is 49.2. The summed E-state index contributed by atoms with van der Waals surface area (Å²) in [5.41, 5.74) is 16.5. The Balaban J connectivity index is 0.000000150. The van der Waals surface area contributed by atoms with E-state index in [1.54, 1.807) is 0 Å². The molecule has 0 N–H and O–H groups in total. The molecule has 2 heterocycles. The van der Waals surface area contributed by atoms with E-state index < -0.39 is 0 Å². The Morgan fingerprint density at radius 3 is 0.670 bits per heavy atom. The second-order valence-corrected chi connectivity index (χ2v) is 26.6. The predicted octanol–water partition coefficient (Wildman–Crippen LogP) is 24.6. The van der Waals surface area contributed by atoms with Gasteiger partial charge in [-0.25, -0.2) is 29.9 Å². The SMILES string of the molecule is CC(C)(C)c1ccc2c3ccc(-c4cccc(-c5cccc(-c6nc(-c7ccccc7)nc(-c7ccccc7)n6)c5)c4)cc3c3ccccc3c2c1.c1ccc(-c2ccc3c4ccc(-c5cccc(-c6nc(-c7ccccc7)nc(-c7ccccc7)n6)c5)cc4c4ccccc4c3c2)cc1. The molecule has 2 aromatic heterocycles. The van der Waals surface area contributed by atoms with Crippen molar-refractivity contribution in [1.82, 2.24) is 29.9 Å². The Labute approximate surface area is 581 Å². The highest BCUT2D eigenvalue weighted by Crippen LogP contribution is 2.43. The van der Waals surface area contributed by atoms with E-state index in [4.69, 9.17) is 29.9 Å². The van der Waals surface area contributed by atoms with Gasteiger partial charge in [-0.15, -0.1) is 0 Å². The van der Waals surface area contributed by atoms with Gasteiger partial charge in [0.25, 0.3) is 0 Å². The number of hydrogen-bond donors (Lipinski definition) is 0. The molecule has 100 heavy (non-hydrogen) atoms. The molecule has 0 radical (unpaired) electrons. The van der Waals surface area contributed by atoms with Crippen LogP contribution in [0.4, 0.5) is 0 Å². The zero-order chi connectivity index (χ0) is 67.1. The lowest BCUT2D eigenvalue weighted by Crippen LogP contribution is -2.10. The van der Waals surface area contributed by atoms with E-state index >= 15 is 0 Å². The third-order valence-electron chi connectivity index (χ3n) is 19.1. The van der Waals surface area contributed by atoms with Crippen LogP contribution in [0.25, 0.3) is 177 Å². The lowest BCUT2D eigenvalue weighted by molar-refractivity contribution is 0.591. The van der Waals surface area contributed by atoms with Crippen LogP contribution in [0.5, 0.6) is 0 Å². The van der Waals surface area contributed by atoms with Crippen molar-refractivity contribution in [3.8, 4) is 113 Å². The number of benzene rings is 16. The van der Waals surface area contributed by atoms with Gasteiger partial charge in [-0.2, -0.15) is 0 Å². The molecule has 6 heteroatoms. The Morgan fingerprint density at radius 2 is 0.360 bits per heavy atom. The smallest absolute Gasteiger partial charge is 0.164 e.